The van der Waals surface area contributed by atoms with E-state index >= 15 is 4.39 Å². The first-order chi connectivity index (χ1) is 15.5. The zero-order chi connectivity index (χ0) is 22.1. The molecule has 0 saturated carbocycles. The molecular weight excluding hydrogens is 458 g/mol. The molecule has 32 heavy (non-hydrogen) atoms. The predicted octanol–water partition coefficient (Wildman–Crippen LogP) is 4.25. The molecule has 6 rings (SSSR count). The largest absolute Gasteiger partial charge is 0.489 e. The Bertz CT molecular complexity index is 1490. The van der Waals surface area contributed by atoms with Gasteiger partial charge in [0.25, 0.3) is 0 Å². The van der Waals surface area contributed by atoms with Crippen molar-refractivity contribution in [2.45, 2.75) is 12.6 Å². The third-order valence-corrected chi connectivity index (χ3v) is 7.22. The van der Waals surface area contributed by atoms with E-state index in [1.165, 1.54) is 18.2 Å². The molecule has 11 heteroatoms. The van der Waals surface area contributed by atoms with Gasteiger partial charge < -0.3 is 20.4 Å². The summed E-state index contributed by atoms with van der Waals surface area (Å²) in [6.45, 7) is 1.49. The van der Waals surface area contributed by atoms with Crippen molar-refractivity contribution < 1.29 is 13.5 Å². The molecule has 0 bridgehead atoms. The van der Waals surface area contributed by atoms with E-state index in [2.05, 4.69) is 15.5 Å². The number of ether oxygens (including phenoxy) is 1. The van der Waals surface area contributed by atoms with Crippen LogP contribution in [0.2, 0.25) is 5.02 Å². The van der Waals surface area contributed by atoms with Crippen LogP contribution >= 0.6 is 22.9 Å². The molecule has 4 heterocycles. The second kappa shape index (κ2) is 6.87. The number of benzene rings is 2. The Morgan fingerprint density at radius 1 is 1.28 bits per heavy atom. The number of thiophene rings is 1. The maximum atomic E-state index is 15.6. The van der Waals surface area contributed by atoms with Gasteiger partial charge in [0.2, 0.25) is 0 Å². The van der Waals surface area contributed by atoms with Gasteiger partial charge >= 0.3 is 0 Å². The lowest BCUT2D eigenvalue weighted by Gasteiger charge is -2.24. The number of halogens is 3. The molecule has 0 saturated heterocycles. The Morgan fingerprint density at radius 3 is 2.94 bits per heavy atom. The first-order valence-corrected chi connectivity index (χ1v) is 10.9. The summed E-state index contributed by atoms with van der Waals surface area (Å²) in [5.41, 5.74) is 6.70. The number of hydrogen-bond donors (Lipinski definition) is 2. The van der Waals surface area contributed by atoms with Crippen LogP contribution in [0.5, 0.6) is 5.75 Å². The van der Waals surface area contributed by atoms with Gasteiger partial charge in [0.15, 0.2) is 5.82 Å². The summed E-state index contributed by atoms with van der Waals surface area (Å²) >= 11 is 7.66. The number of nitriles is 1. The van der Waals surface area contributed by atoms with E-state index in [9.17, 15) is 9.65 Å². The third-order valence-electron chi connectivity index (χ3n) is 5.83. The first-order valence-electron chi connectivity index (χ1n) is 9.70. The van der Waals surface area contributed by atoms with Gasteiger partial charge in [0.05, 0.1) is 33.4 Å². The maximum Gasteiger partial charge on any atom is 0.168 e. The average Bonchev–Trinajstić information content (AvgIpc) is 3.31. The van der Waals surface area contributed by atoms with Gasteiger partial charge in [-0.1, -0.05) is 17.7 Å². The number of aromatic nitrogens is 3. The van der Waals surface area contributed by atoms with E-state index in [0.29, 0.717) is 24.5 Å². The topological polar surface area (TPSA) is 102 Å². The Kier molecular flexibility index (Phi) is 4.17. The quantitative estimate of drug-likeness (QED) is 0.431. The lowest BCUT2D eigenvalue weighted by atomic mass is 9.96. The molecule has 2 aliphatic rings. The molecule has 1 atom stereocenters. The fourth-order valence-corrected chi connectivity index (χ4v) is 5.73. The van der Waals surface area contributed by atoms with Crippen molar-refractivity contribution in [2.75, 3.05) is 18.9 Å². The molecule has 3 N–H and O–H groups in total. The summed E-state index contributed by atoms with van der Waals surface area (Å²) in [4.78, 5) is 0. The van der Waals surface area contributed by atoms with Gasteiger partial charge in [-0.05, 0) is 17.7 Å². The lowest BCUT2D eigenvalue weighted by Crippen LogP contribution is -2.35. The third kappa shape index (κ3) is 2.53. The van der Waals surface area contributed by atoms with Crippen LogP contribution in [0.4, 0.5) is 13.8 Å². The molecule has 7 nitrogen and oxygen atoms in total. The first kappa shape index (κ1) is 19.4. The van der Waals surface area contributed by atoms with Gasteiger partial charge in [-0.3, -0.25) is 0 Å². The summed E-state index contributed by atoms with van der Waals surface area (Å²) in [5.74, 6) is 0.295. The van der Waals surface area contributed by atoms with Crippen LogP contribution < -0.4 is 15.8 Å². The standard InChI is InChI=1S/C21H13ClF2N6OS/c22-17-16(9-1-2-12(23)19-15(9)11(4-25)20(26)32-19)13(24)3-10-18(17)31-7-8-5-27-6-14-28-29-21(10)30(8)14/h1-3,8,27H,5-7,26H2/t8-/m1/s1. The number of nitrogens with one attached hydrogen (secondary N) is 1. The van der Waals surface area contributed by atoms with Crippen LogP contribution in [0.1, 0.15) is 17.4 Å². The van der Waals surface area contributed by atoms with Crippen molar-refractivity contribution in [3.05, 3.63) is 46.2 Å². The predicted molar refractivity (Wildman–Crippen MR) is 117 cm³/mol. The fraction of sp³-hybridized carbons (Fsp3) is 0.190. The highest BCUT2D eigenvalue weighted by molar-refractivity contribution is 7.23. The van der Waals surface area contributed by atoms with Gasteiger partial charge in [-0.15, -0.1) is 21.5 Å². The molecular formula is C21H13ClF2N6OS. The van der Waals surface area contributed by atoms with Crippen molar-refractivity contribution >= 4 is 38.0 Å². The van der Waals surface area contributed by atoms with E-state index in [4.69, 9.17) is 22.1 Å². The number of rotatable bonds is 1. The highest BCUT2D eigenvalue weighted by atomic mass is 35.5. The summed E-state index contributed by atoms with van der Waals surface area (Å²) < 4.78 is 38.2. The Morgan fingerprint density at radius 2 is 2.12 bits per heavy atom. The molecule has 0 aliphatic carbocycles. The summed E-state index contributed by atoms with van der Waals surface area (Å²) in [6, 6.07) is 5.84. The number of nitrogens with two attached hydrogens (primary N) is 1. The molecule has 160 valence electrons. The molecule has 0 unspecified atom stereocenters. The number of nitrogen functional groups attached to an aromatic ring is 1. The SMILES string of the molecule is N#Cc1c(N)sc2c(F)ccc(-c3c(F)cc4c(c3Cl)OC[C@H]3CNCc5nnc-4n53)c12. The molecule has 0 spiro atoms. The zero-order valence-electron chi connectivity index (χ0n) is 16.2. The van der Waals surface area contributed by atoms with E-state index in [1.807, 2.05) is 10.6 Å². The van der Waals surface area contributed by atoms with Crippen LogP contribution in [0.15, 0.2) is 18.2 Å². The highest BCUT2D eigenvalue weighted by Crippen LogP contribution is 2.49. The minimum atomic E-state index is -0.649. The molecule has 2 aliphatic heterocycles. The van der Waals surface area contributed by atoms with Crippen LogP contribution in [-0.4, -0.2) is 27.9 Å². The van der Waals surface area contributed by atoms with Crippen molar-refractivity contribution in [3.8, 4) is 34.3 Å². The van der Waals surface area contributed by atoms with Crippen molar-refractivity contribution in [1.29, 1.82) is 5.26 Å². The second-order valence-corrected chi connectivity index (χ2v) is 9.01. The van der Waals surface area contributed by atoms with E-state index in [-0.39, 0.29) is 55.2 Å². The molecule has 0 amide bonds. The van der Waals surface area contributed by atoms with Gasteiger partial charge in [0, 0.05) is 17.5 Å². The fourth-order valence-electron chi connectivity index (χ4n) is 4.43. The van der Waals surface area contributed by atoms with Crippen LogP contribution in [0, 0.1) is 23.0 Å². The molecule has 0 radical (unpaired) electrons. The number of fused-ring (bicyclic) bond motifs is 3. The van der Waals surface area contributed by atoms with Gasteiger partial charge in [0.1, 0.15) is 40.9 Å². The van der Waals surface area contributed by atoms with Crippen molar-refractivity contribution in [3.63, 3.8) is 0 Å². The summed E-state index contributed by atoms with van der Waals surface area (Å²) in [5, 5.41) is 21.7. The minimum absolute atomic E-state index is 0.0162. The van der Waals surface area contributed by atoms with E-state index < -0.39 is 11.6 Å². The molecule has 2 aromatic heterocycles. The number of anilines is 1. The highest BCUT2D eigenvalue weighted by Gasteiger charge is 2.33. The zero-order valence-corrected chi connectivity index (χ0v) is 17.8. The van der Waals surface area contributed by atoms with Crippen molar-refractivity contribution in [2.24, 2.45) is 0 Å². The smallest absolute Gasteiger partial charge is 0.168 e. The number of nitrogens with zero attached hydrogens (tertiary/aromatic N) is 4. The van der Waals surface area contributed by atoms with Crippen LogP contribution in [0.25, 0.3) is 32.6 Å². The monoisotopic (exact) mass is 470 g/mol. The normalized spacial score (nSPS) is 16.8. The molecule has 2 aromatic carbocycles. The Labute approximate surface area is 189 Å². The Hall–Kier alpha value is -3.26. The van der Waals surface area contributed by atoms with Gasteiger partial charge in [-0.25, -0.2) is 8.78 Å². The average molecular weight is 471 g/mol. The molecule has 4 aromatic rings. The van der Waals surface area contributed by atoms with Crippen molar-refractivity contribution in [1.82, 2.24) is 20.1 Å². The Balaban J connectivity index is 1.64. The summed E-state index contributed by atoms with van der Waals surface area (Å²) in [6.07, 6.45) is 0. The van der Waals surface area contributed by atoms with Crippen LogP contribution in [0.3, 0.4) is 0 Å². The maximum absolute atomic E-state index is 15.6. The summed E-state index contributed by atoms with van der Waals surface area (Å²) in [7, 11) is 0. The van der Waals surface area contributed by atoms with Crippen LogP contribution in [-0.2, 0) is 6.54 Å². The second-order valence-electron chi connectivity index (χ2n) is 7.58. The lowest BCUT2D eigenvalue weighted by molar-refractivity contribution is 0.238. The minimum Gasteiger partial charge on any atom is -0.489 e. The van der Waals surface area contributed by atoms with E-state index in [1.54, 1.807) is 0 Å². The van der Waals surface area contributed by atoms with E-state index in [0.717, 1.165) is 17.2 Å². The molecule has 0 fully saturated rings. The van der Waals surface area contributed by atoms with Gasteiger partial charge in [-0.2, -0.15) is 5.26 Å². The number of hydrogen-bond acceptors (Lipinski definition) is 7.